The third-order valence-electron chi connectivity index (χ3n) is 4.69. The van der Waals surface area contributed by atoms with E-state index in [2.05, 4.69) is 22.5 Å². The number of hydrogen-bond acceptors (Lipinski definition) is 3. The molecule has 1 heterocycles. The van der Waals surface area contributed by atoms with Crippen molar-refractivity contribution in [1.82, 2.24) is 10.6 Å². The molecule has 1 saturated carbocycles. The van der Waals surface area contributed by atoms with E-state index in [9.17, 15) is 4.39 Å². The monoisotopic (exact) mass is 477 g/mol. The molecule has 1 aromatic rings. The second kappa shape index (κ2) is 10.9. The summed E-state index contributed by atoms with van der Waals surface area (Å²) >= 11 is 0. The largest absolute Gasteiger partial charge is 0.467 e. The molecular formula is C19H29FIN3O2. The third kappa shape index (κ3) is 5.97. The van der Waals surface area contributed by atoms with E-state index in [0.717, 1.165) is 29.4 Å². The highest BCUT2D eigenvalue weighted by Crippen LogP contribution is 2.29. The molecule has 1 fully saturated rings. The maximum atomic E-state index is 13.8. The minimum Gasteiger partial charge on any atom is -0.467 e. The topological polar surface area (TPSA) is 54.9 Å². The Kier molecular flexibility index (Phi) is 8.90. The van der Waals surface area contributed by atoms with Crippen LogP contribution in [0.5, 0.6) is 5.75 Å². The summed E-state index contributed by atoms with van der Waals surface area (Å²) in [5.41, 5.74) is 1.63. The maximum Gasteiger partial charge on any atom is 0.191 e. The molecule has 7 heteroatoms. The molecule has 0 aromatic heterocycles. The molecule has 0 spiro atoms. The fraction of sp³-hybridized carbons (Fsp3) is 0.632. The van der Waals surface area contributed by atoms with Crippen LogP contribution in [0.1, 0.15) is 50.2 Å². The molecule has 1 aliphatic carbocycles. The molecule has 0 amide bonds. The Balaban J connectivity index is 0.00000243. The fourth-order valence-electron chi connectivity index (χ4n) is 3.49. The maximum absolute atomic E-state index is 13.8. The first kappa shape index (κ1) is 21.2. The Hall–Kier alpha value is -1.09. The highest BCUT2D eigenvalue weighted by Gasteiger charge is 2.17. The molecule has 1 aromatic carbocycles. The van der Waals surface area contributed by atoms with Gasteiger partial charge in [0.15, 0.2) is 12.8 Å². The second-order valence-electron chi connectivity index (χ2n) is 6.65. The summed E-state index contributed by atoms with van der Waals surface area (Å²) in [5, 5.41) is 6.83. The van der Waals surface area contributed by atoms with Crippen molar-refractivity contribution in [1.29, 1.82) is 0 Å². The number of benzene rings is 1. The van der Waals surface area contributed by atoms with E-state index in [4.69, 9.17) is 9.47 Å². The number of nitrogens with zero attached hydrogens (tertiary/aromatic N) is 1. The van der Waals surface area contributed by atoms with Crippen molar-refractivity contribution < 1.29 is 13.9 Å². The van der Waals surface area contributed by atoms with E-state index in [1.807, 2.05) is 0 Å². The summed E-state index contributed by atoms with van der Waals surface area (Å²) in [6.07, 6.45) is 6.95. The van der Waals surface area contributed by atoms with Crippen LogP contribution in [-0.2, 0) is 17.8 Å². The number of rotatable bonds is 5. The van der Waals surface area contributed by atoms with Gasteiger partial charge in [-0.1, -0.05) is 19.3 Å². The number of aliphatic imine (C=N–C) groups is 1. The quantitative estimate of drug-likeness (QED) is 0.386. The Labute approximate surface area is 172 Å². The van der Waals surface area contributed by atoms with Crippen LogP contribution in [0.4, 0.5) is 4.39 Å². The van der Waals surface area contributed by atoms with Crippen LogP contribution in [0.2, 0.25) is 0 Å². The Morgan fingerprint density at radius 1 is 1.27 bits per heavy atom. The van der Waals surface area contributed by atoms with Crippen molar-refractivity contribution in [2.45, 2.75) is 58.1 Å². The van der Waals surface area contributed by atoms with Crippen molar-refractivity contribution >= 4 is 29.9 Å². The number of hydrogen-bond donors (Lipinski definition) is 2. The minimum absolute atomic E-state index is 0. The zero-order valence-corrected chi connectivity index (χ0v) is 17.7. The average molecular weight is 477 g/mol. The third-order valence-corrected chi connectivity index (χ3v) is 4.69. The van der Waals surface area contributed by atoms with Gasteiger partial charge in [0, 0.05) is 24.7 Å². The lowest BCUT2D eigenvalue weighted by Gasteiger charge is -2.25. The average Bonchev–Trinajstić information content (AvgIpc) is 2.62. The summed E-state index contributed by atoms with van der Waals surface area (Å²) < 4.78 is 24.6. The van der Waals surface area contributed by atoms with Gasteiger partial charge in [0.25, 0.3) is 0 Å². The predicted octanol–water partition coefficient (Wildman–Crippen LogP) is 3.74. The fourth-order valence-corrected chi connectivity index (χ4v) is 3.49. The molecule has 5 nitrogen and oxygen atoms in total. The van der Waals surface area contributed by atoms with Crippen LogP contribution in [0, 0.1) is 5.82 Å². The Morgan fingerprint density at radius 2 is 2.08 bits per heavy atom. The lowest BCUT2D eigenvalue weighted by Crippen LogP contribution is -2.44. The van der Waals surface area contributed by atoms with E-state index >= 15 is 0 Å². The predicted molar refractivity (Wildman–Crippen MR) is 112 cm³/mol. The highest BCUT2D eigenvalue weighted by molar-refractivity contribution is 14.0. The van der Waals surface area contributed by atoms with E-state index in [-0.39, 0.29) is 36.6 Å². The minimum atomic E-state index is -0.251. The van der Waals surface area contributed by atoms with Crippen molar-refractivity contribution in [3.8, 4) is 5.75 Å². The van der Waals surface area contributed by atoms with Gasteiger partial charge in [0.2, 0.25) is 0 Å². The van der Waals surface area contributed by atoms with Crippen LogP contribution >= 0.6 is 24.0 Å². The summed E-state index contributed by atoms with van der Waals surface area (Å²) in [6, 6.07) is 3.53. The molecular weight excluding hydrogens is 448 g/mol. The van der Waals surface area contributed by atoms with Crippen LogP contribution in [0.25, 0.3) is 0 Å². The summed E-state index contributed by atoms with van der Waals surface area (Å²) in [5.74, 6) is 1.36. The van der Waals surface area contributed by atoms with Gasteiger partial charge in [-0.25, -0.2) is 4.39 Å². The molecule has 2 aliphatic rings. The number of ether oxygens (including phenoxy) is 2. The standard InChI is InChI=1S/C19H28FN3O2.HI/c1-2-21-19(23-17-6-4-3-5-7-17)22-9-8-14-10-16(20)11-15-12-24-13-25-18(14)15;/h10-11,17H,2-9,12-13H2,1H3,(H2,21,22,23);1H. The molecule has 2 N–H and O–H groups in total. The number of guanidine groups is 1. The first-order valence-electron chi connectivity index (χ1n) is 9.33. The lowest BCUT2D eigenvalue weighted by atomic mass is 9.96. The van der Waals surface area contributed by atoms with E-state index in [1.54, 1.807) is 6.07 Å². The van der Waals surface area contributed by atoms with Crippen molar-refractivity contribution in [3.05, 3.63) is 29.1 Å². The smallest absolute Gasteiger partial charge is 0.191 e. The van der Waals surface area contributed by atoms with Gasteiger partial charge in [-0.2, -0.15) is 0 Å². The zero-order valence-electron chi connectivity index (χ0n) is 15.4. The van der Waals surface area contributed by atoms with Crippen molar-refractivity contribution in [2.75, 3.05) is 19.9 Å². The van der Waals surface area contributed by atoms with Gasteiger partial charge in [0.05, 0.1) is 6.61 Å². The Morgan fingerprint density at radius 3 is 2.85 bits per heavy atom. The second-order valence-corrected chi connectivity index (χ2v) is 6.65. The van der Waals surface area contributed by atoms with Crippen LogP contribution < -0.4 is 15.4 Å². The van der Waals surface area contributed by atoms with Crippen molar-refractivity contribution in [2.24, 2.45) is 4.99 Å². The first-order valence-corrected chi connectivity index (χ1v) is 9.33. The van der Waals surface area contributed by atoms with E-state index < -0.39 is 0 Å². The van der Waals surface area contributed by atoms with Crippen LogP contribution in [0.15, 0.2) is 17.1 Å². The SMILES string of the molecule is CCNC(=NCCc1cc(F)cc2c1OCOC2)NC1CCCCC1.I. The molecule has 0 radical (unpaired) electrons. The first-order chi connectivity index (χ1) is 12.3. The van der Waals surface area contributed by atoms with Gasteiger partial charge in [-0.3, -0.25) is 4.99 Å². The molecule has 0 bridgehead atoms. The molecule has 146 valence electrons. The van der Waals surface area contributed by atoms with Gasteiger partial charge < -0.3 is 20.1 Å². The molecule has 26 heavy (non-hydrogen) atoms. The summed E-state index contributed by atoms with van der Waals surface area (Å²) in [6.45, 7) is 4.10. The zero-order chi connectivity index (χ0) is 17.5. The summed E-state index contributed by atoms with van der Waals surface area (Å²) in [7, 11) is 0. The number of fused-ring (bicyclic) bond motifs is 1. The normalized spacial score (nSPS) is 17.7. The summed E-state index contributed by atoms with van der Waals surface area (Å²) in [4.78, 5) is 4.67. The van der Waals surface area contributed by atoms with Gasteiger partial charge in [-0.05, 0) is 43.9 Å². The van der Waals surface area contributed by atoms with Gasteiger partial charge >= 0.3 is 0 Å². The van der Waals surface area contributed by atoms with Crippen LogP contribution in [-0.4, -0.2) is 31.9 Å². The van der Waals surface area contributed by atoms with E-state index in [1.165, 1.54) is 38.2 Å². The van der Waals surface area contributed by atoms with Gasteiger partial charge in [0.1, 0.15) is 11.6 Å². The highest BCUT2D eigenvalue weighted by atomic mass is 127. The number of halogens is 2. The lowest BCUT2D eigenvalue weighted by molar-refractivity contribution is -0.0172. The van der Waals surface area contributed by atoms with E-state index in [0.29, 0.717) is 25.6 Å². The molecule has 0 atom stereocenters. The number of nitrogens with one attached hydrogen (secondary N) is 2. The van der Waals surface area contributed by atoms with Gasteiger partial charge in [-0.15, -0.1) is 24.0 Å². The Bertz CT molecular complexity index is 607. The molecule has 3 rings (SSSR count). The molecule has 0 unspecified atom stereocenters. The van der Waals surface area contributed by atoms with Crippen molar-refractivity contribution in [3.63, 3.8) is 0 Å². The molecule has 0 saturated heterocycles. The van der Waals surface area contributed by atoms with Crippen LogP contribution in [0.3, 0.4) is 0 Å². The molecule has 1 aliphatic heterocycles.